The Kier molecular flexibility index (Phi) is 8.74. The van der Waals surface area contributed by atoms with Crippen LogP contribution in [0.4, 0.5) is 0 Å². The molecule has 18 nitrogen and oxygen atoms in total. The van der Waals surface area contributed by atoms with Crippen molar-refractivity contribution < 1.29 is 58.1 Å². The zero-order valence-electron chi connectivity index (χ0n) is 19.3. The summed E-state index contributed by atoms with van der Waals surface area (Å²) in [6.45, 7) is -1.98. The molecule has 0 saturated heterocycles. The van der Waals surface area contributed by atoms with Crippen molar-refractivity contribution in [3.63, 3.8) is 0 Å². The lowest BCUT2D eigenvalue weighted by molar-refractivity contribution is -0.758. The summed E-state index contributed by atoms with van der Waals surface area (Å²) >= 11 is 0. The molecule has 2 rings (SSSR count). The zero-order chi connectivity index (χ0) is 28.0. The summed E-state index contributed by atoms with van der Waals surface area (Å²) < 4.78 is 8.99. The quantitative estimate of drug-likeness (QED) is 0.101. The minimum atomic E-state index is -1.88. The first-order chi connectivity index (χ1) is 17.4. The van der Waals surface area contributed by atoms with Gasteiger partial charge in [-0.15, -0.1) is 20.2 Å². The number of fused-ring (bicyclic) bond motifs is 1. The van der Waals surface area contributed by atoms with Crippen molar-refractivity contribution in [1.82, 2.24) is 9.80 Å². The van der Waals surface area contributed by atoms with E-state index in [1.165, 1.54) is 0 Å². The number of imide groups is 1. The number of aldehydes is 1. The predicted octanol–water partition coefficient (Wildman–Crippen LogP) is -1.33. The van der Waals surface area contributed by atoms with Gasteiger partial charge in [0.15, 0.2) is 18.4 Å². The molecular weight excluding hydrogens is 508 g/mol. The number of carbonyl (C=O) groups is 6. The molecule has 0 radical (unpaired) electrons. The predicted molar refractivity (Wildman–Crippen MR) is 112 cm³/mol. The van der Waals surface area contributed by atoms with Crippen LogP contribution in [-0.2, 0) is 28.7 Å². The Morgan fingerprint density at radius 2 is 1.49 bits per heavy atom. The van der Waals surface area contributed by atoms with Crippen molar-refractivity contribution in [3.8, 4) is 0 Å². The van der Waals surface area contributed by atoms with E-state index in [9.17, 15) is 49.0 Å². The van der Waals surface area contributed by atoms with E-state index in [2.05, 4.69) is 19.1 Å². The van der Waals surface area contributed by atoms with E-state index in [-0.39, 0.29) is 6.29 Å². The zero-order valence-corrected chi connectivity index (χ0v) is 19.3. The van der Waals surface area contributed by atoms with Crippen molar-refractivity contribution in [2.75, 3.05) is 34.5 Å². The summed E-state index contributed by atoms with van der Waals surface area (Å²) in [5, 5.41) is 18.6. The fraction of sp³-hybridized carbons (Fsp3) is 0.368. The molecule has 0 saturated carbocycles. The fourth-order valence-electron chi connectivity index (χ4n) is 3.34. The lowest BCUT2D eigenvalue weighted by Gasteiger charge is -2.25. The molecule has 3 amide bonds. The highest BCUT2D eigenvalue weighted by molar-refractivity contribution is 6.24. The second kappa shape index (κ2) is 11.5. The van der Waals surface area contributed by atoms with Crippen molar-refractivity contribution >= 4 is 35.9 Å². The van der Waals surface area contributed by atoms with Crippen LogP contribution in [0.5, 0.6) is 0 Å². The number of hydrogen-bond acceptors (Lipinski definition) is 14. The van der Waals surface area contributed by atoms with Gasteiger partial charge in [-0.2, -0.15) is 0 Å². The largest absolute Gasteiger partial charge is 0.467 e. The van der Waals surface area contributed by atoms with Crippen LogP contribution >= 0.6 is 0 Å². The minimum absolute atomic E-state index is 0.163. The van der Waals surface area contributed by atoms with E-state index in [1.807, 2.05) is 0 Å². The average Bonchev–Trinajstić information content (AvgIpc) is 3.11. The first-order valence-electron chi connectivity index (χ1n) is 9.88. The molecule has 2 unspecified atom stereocenters. The number of hydrogen-bond donors (Lipinski definition) is 0. The highest BCUT2D eigenvalue weighted by Crippen LogP contribution is 2.29. The topological polar surface area (TPSA) is 232 Å². The van der Waals surface area contributed by atoms with E-state index in [1.54, 1.807) is 0 Å². The highest BCUT2D eigenvalue weighted by atomic mass is 17.0. The van der Waals surface area contributed by atoms with E-state index in [0.717, 1.165) is 33.4 Å². The molecule has 1 aliphatic rings. The molecule has 0 aliphatic carbocycles. The van der Waals surface area contributed by atoms with E-state index in [0.29, 0.717) is 9.80 Å². The molecule has 1 aromatic carbocycles. The van der Waals surface area contributed by atoms with E-state index >= 15 is 0 Å². The number of carbonyl (C=O) groups excluding carboxylic acids is 6. The summed E-state index contributed by atoms with van der Waals surface area (Å²) in [7, 11) is 2.89. The molecule has 1 heterocycles. The van der Waals surface area contributed by atoms with Gasteiger partial charge >= 0.3 is 11.9 Å². The van der Waals surface area contributed by atoms with Crippen LogP contribution in [0.25, 0.3) is 0 Å². The number of ether oxygens (including phenoxy) is 2. The monoisotopic (exact) mass is 526 g/mol. The first-order valence-corrected chi connectivity index (χ1v) is 9.88. The Labute approximate surface area is 205 Å². The molecule has 198 valence electrons. The highest BCUT2D eigenvalue weighted by Gasteiger charge is 2.45. The van der Waals surface area contributed by atoms with Gasteiger partial charge in [-0.25, -0.2) is 9.59 Å². The number of methoxy groups -OCH3 is 2. The molecule has 1 aromatic rings. The van der Waals surface area contributed by atoms with Crippen molar-refractivity contribution in [2.24, 2.45) is 0 Å². The fourth-order valence-corrected chi connectivity index (χ4v) is 3.34. The molecule has 0 fully saturated rings. The van der Waals surface area contributed by atoms with Crippen LogP contribution < -0.4 is 0 Å². The summed E-state index contributed by atoms with van der Waals surface area (Å²) in [6.07, 6.45) is 0.163. The third kappa shape index (κ3) is 5.74. The number of amides is 3. The van der Waals surface area contributed by atoms with Crippen LogP contribution in [-0.4, -0.2) is 102 Å². The summed E-state index contributed by atoms with van der Waals surface area (Å²) in [5.41, 5.74) is -1.79. The van der Waals surface area contributed by atoms with Gasteiger partial charge in [-0.3, -0.25) is 24.1 Å². The molecule has 0 N–H and O–H groups in total. The third-order valence-electron chi connectivity index (χ3n) is 5.17. The lowest BCUT2D eigenvalue weighted by Crippen LogP contribution is -2.48. The summed E-state index contributed by atoms with van der Waals surface area (Å²) in [6, 6.07) is -1.82. The second-order valence-corrected chi connectivity index (χ2v) is 7.12. The number of rotatable bonds is 12. The normalized spacial score (nSPS) is 13.6. The lowest BCUT2D eigenvalue weighted by atomic mass is 9.99. The van der Waals surface area contributed by atoms with Crippen LogP contribution in [0.1, 0.15) is 41.4 Å². The van der Waals surface area contributed by atoms with Gasteiger partial charge in [0, 0.05) is 12.6 Å². The summed E-state index contributed by atoms with van der Waals surface area (Å²) in [4.78, 5) is 105. The van der Waals surface area contributed by atoms with Crippen LogP contribution in [0.15, 0.2) is 12.1 Å². The maximum absolute atomic E-state index is 13.1. The SMILES string of the molecule is COC(=O)C(CO[N+](=O)[O-])N(C)C(=O)c1cc2c(cc1C=O)C(=O)N(C(CO[N+](=O)[O-])C(=O)OC)C2=O. The third-order valence-corrected chi connectivity index (χ3v) is 5.17. The van der Waals surface area contributed by atoms with E-state index in [4.69, 9.17) is 0 Å². The first kappa shape index (κ1) is 28.1. The Hall–Kier alpha value is -5.16. The standard InChI is InChI=1S/C19H18N4O14/c1-20(13(18(28)34-2)7-36-22(30)31)15(25)10-5-12-11(4-9(10)6-24)16(26)21(17(12)27)14(19(29)35-3)8-37-23(32)33/h4-6,13-14H,7-8H2,1-3H3. The minimum Gasteiger partial charge on any atom is -0.467 e. The Balaban J connectivity index is 2.51. The molecule has 2 atom stereocenters. The smallest absolute Gasteiger partial charge is 0.331 e. The Morgan fingerprint density at radius 1 is 0.973 bits per heavy atom. The maximum Gasteiger partial charge on any atom is 0.331 e. The second-order valence-electron chi connectivity index (χ2n) is 7.12. The Morgan fingerprint density at radius 3 is 1.97 bits per heavy atom. The van der Waals surface area contributed by atoms with Crippen molar-refractivity contribution in [1.29, 1.82) is 0 Å². The van der Waals surface area contributed by atoms with Crippen molar-refractivity contribution in [3.05, 3.63) is 54.6 Å². The van der Waals surface area contributed by atoms with Gasteiger partial charge in [0.25, 0.3) is 27.9 Å². The van der Waals surface area contributed by atoms with Gasteiger partial charge in [0.1, 0.15) is 13.2 Å². The molecule has 37 heavy (non-hydrogen) atoms. The van der Waals surface area contributed by atoms with Gasteiger partial charge in [0.05, 0.1) is 30.9 Å². The molecular formula is C19H18N4O14. The number of esters is 2. The van der Waals surface area contributed by atoms with Crippen molar-refractivity contribution in [2.45, 2.75) is 12.1 Å². The van der Waals surface area contributed by atoms with Crippen LogP contribution in [0, 0.1) is 20.2 Å². The molecule has 0 bridgehead atoms. The molecule has 0 spiro atoms. The number of likely N-dealkylation sites (N-methyl/N-ethyl adjacent to an activating group) is 1. The Bertz CT molecular complexity index is 1180. The number of benzene rings is 1. The van der Waals surface area contributed by atoms with Gasteiger partial charge in [0.2, 0.25) is 0 Å². The summed E-state index contributed by atoms with van der Waals surface area (Å²) in [5.74, 6) is -5.72. The van der Waals surface area contributed by atoms with Gasteiger partial charge in [-0.05, 0) is 12.1 Å². The van der Waals surface area contributed by atoms with Crippen LogP contribution in [0.2, 0.25) is 0 Å². The van der Waals surface area contributed by atoms with Crippen LogP contribution in [0.3, 0.4) is 0 Å². The number of nitrogens with zero attached hydrogens (tertiary/aromatic N) is 4. The average molecular weight is 526 g/mol. The van der Waals surface area contributed by atoms with Gasteiger partial charge < -0.3 is 24.0 Å². The van der Waals surface area contributed by atoms with E-state index < -0.39 is 87.4 Å². The molecule has 18 heteroatoms. The van der Waals surface area contributed by atoms with Gasteiger partial charge in [-0.1, -0.05) is 0 Å². The molecule has 0 aromatic heterocycles. The molecule has 1 aliphatic heterocycles. The maximum atomic E-state index is 13.1.